The zero-order chi connectivity index (χ0) is 5.98. The fraction of sp³-hybridized carbons (Fsp3) is 0. The molecule has 0 aliphatic carbocycles. The molecule has 41 valence electrons. The maximum absolute atomic E-state index is 6.92. The molecule has 0 saturated heterocycles. The molecule has 0 saturated carbocycles. The Hall–Kier alpha value is -1.25. The first kappa shape index (κ1) is 4.90. The van der Waals surface area contributed by atoms with Crippen molar-refractivity contribution in [2.45, 2.75) is 0 Å². The number of nitrogens with two attached hydrogens (primary N) is 1. The third-order valence-electron chi connectivity index (χ3n) is 0.786. The van der Waals surface area contributed by atoms with Crippen LogP contribution in [0.2, 0.25) is 0 Å². The van der Waals surface area contributed by atoms with Crippen LogP contribution in [-0.4, -0.2) is 4.98 Å². The van der Waals surface area contributed by atoms with Gasteiger partial charge in [0.2, 0.25) is 0 Å². The maximum Gasteiger partial charge on any atom is 0.144 e. The molecule has 3 N–H and O–H groups in total. The van der Waals surface area contributed by atoms with Crippen molar-refractivity contribution in [3.63, 3.8) is 0 Å². The van der Waals surface area contributed by atoms with Gasteiger partial charge in [-0.3, -0.25) is 5.73 Å². The zero-order valence-electron chi connectivity index (χ0n) is 4.26. The van der Waals surface area contributed by atoms with Crippen LogP contribution >= 0.6 is 0 Å². The van der Waals surface area contributed by atoms with Crippen molar-refractivity contribution in [2.75, 3.05) is 5.73 Å². The highest BCUT2D eigenvalue weighted by molar-refractivity contribution is 5.39. The monoisotopic (exact) mass is 108 g/mol. The van der Waals surface area contributed by atoms with Gasteiger partial charge in [0, 0.05) is 0 Å². The number of hydrogen-bond donors (Lipinski definition) is 1. The highest BCUT2D eigenvalue weighted by Gasteiger charge is 1.83. The number of nitrogen functional groups attached to an aromatic ring is 1. The molecule has 1 rings (SSSR count). The average molecular weight is 108 g/mol. The van der Waals surface area contributed by atoms with Gasteiger partial charge >= 0.3 is 0 Å². The van der Waals surface area contributed by atoms with E-state index in [2.05, 4.69) is 4.98 Å². The molecule has 0 unspecified atom stereocenters. The van der Waals surface area contributed by atoms with Crippen molar-refractivity contribution in [2.24, 2.45) is 0 Å². The van der Waals surface area contributed by atoms with E-state index in [1.54, 1.807) is 12.1 Å². The van der Waals surface area contributed by atoms with E-state index in [9.17, 15) is 0 Å². The molecule has 0 atom stereocenters. The summed E-state index contributed by atoms with van der Waals surface area (Å²) in [6.07, 6.45) is 1.46. The topological polar surface area (TPSA) is 62.7 Å². The van der Waals surface area contributed by atoms with Gasteiger partial charge in [-0.1, -0.05) is 0 Å². The van der Waals surface area contributed by atoms with Gasteiger partial charge in [-0.15, -0.1) is 0 Å². The normalized spacial score (nSPS) is 9.00. The van der Waals surface area contributed by atoms with E-state index in [1.165, 1.54) is 6.20 Å². The Bertz CT molecular complexity index is 147. The van der Waals surface area contributed by atoms with Crippen LogP contribution in [0.25, 0.3) is 0 Å². The number of aromatic nitrogens is 1. The molecule has 0 aliphatic rings. The van der Waals surface area contributed by atoms with Gasteiger partial charge in [0.05, 0.1) is 11.9 Å². The molecule has 0 spiro atoms. The fourth-order valence-electron chi connectivity index (χ4n) is 0.405. The number of pyridine rings is 1. The number of nitrogens with one attached hydrogen (secondary N) is 1. The van der Waals surface area contributed by atoms with Crippen LogP contribution in [0.4, 0.5) is 11.5 Å². The first-order chi connectivity index (χ1) is 3.79. The second-order valence-electron chi connectivity index (χ2n) is 1.48. The van der Waals surface area contributed by atoms with Crippen LogP contribution in [0.5, 0.6) is 0 Å². The third-order valence-corrected chi connectivity index (χ3v) is 0.786. The van der Waals surface area contributed by atoms with E-state index in [0.717, 1.165) is 0 Å². The third kappa shape index (κ3) is 0.872. The van der Waals surface area contributed by atoms with E-state index in [4.69, 9.17) is 11.5 Å². The predicted molar refractivity (Wildman–Crippen MR) is 31.4 cm³/mol. The summed E-state index contributed by atoms with van der Waals surface area (Å²) < 4.78 is 0. The molecular weight excluding hydrogens is 102 g/mol. The summed E-state index contributed by atoms with van der Waals surface area (Å²) in [4.78, 5) is 3.62. The second-order valence-corrected chi connectivity index (χ2v) is 1.48. The van der Waals surface area contributed by atoms with Crippen molar-refractivity contribution in [1.29, 1.82) is 0 Å². The van der Waals surface area contributed by atoms with E-state index in [0.29, 0.717) is 5.69 Å². The SMILES string of the molecule is [NH]c1ccc(N)cn1. The molecular formula is C5H6N3. The molecule has 3 nitrogen and oxygen atoms in total. The van der Waals surface area contributed by atoms with Crippen LogP contribution in [0.3, 0.4) is 0 Å². The van der Waals surface area contributed by atoms with Crippen molar-refractivity contribution >= 4 is 11.5 Å². The molecule has 1 aromatic rings. The molecule has 8 heavy (non-hydrogen) atoms. The van der Waals surface area contributed by atoms with Crippen LogP contribution in [0, 0.1) is 0 Å². The summed E-state index contributed by atoms with van der Waals surface area (Å²) in [5.41, 5.74) is 12.8. The lowest BCUT2D eigenvalue weighted by Crippen LogP contribution is -1.84. The van der Waals surface area contributed by atoms with E-state index in [-0.39, 0.29) is 5.82 Å². The summed E-state index contributed by atoms with van der Waals surface area (Å²) >= 11 is 0. The van der Waals surface area contributed by atoms with Crippen molar-refractivity contribution < 1.29 is 0 Å². The minimum Gasteiger partial charge on any atom is -0.397 e. The largest absolute Gasteiger partial charge is 0.397 e. The van der Waals surface area contributed by atoms with Crippen molar-refractivity contribution in [3.8, 4) is 0 Å². The Balaban J connectivity index is 3.03. The second kappa shape index (κ2) is 1.69. The number of nitrogens with zero attached hydrogens (tertiary/aromatic N) is 1. The van der Waals surface area contributed by atoms with E-state index in [1.807, 2.05) is 0 Å². The van der Waals surface area contributed by atoms with Gasteiger partial charge in [-0.05, 0) is 12.1 Å². The maximum atomic E-state index is 6.92. The Morgan fingerprint density at radius 3 is 2.62 bits per heavy atom. The molecule has 0 aromatic carbocycles. The lowest BCUT2D eigenvalue weighted by atomic mass is 10.4. The van der Waals surface area contributed by atoms with Crippen molar-refractivity contribution in [1.82, 2.24) is 10.7 Å². The van der Waals surface area contributed by atoms with E-state index < -0.39 is 0 Å². The van der Waals surface area contributed by atoms with Gasteiger partial charge < -0.3 is 5.73 Å². The zero-order valence-corrected chi connectivity index (χ0v) is 4.26. The summed E-state index contributed by atoms with van der Waals surface area (Å²) in [6, 6.07) is 3.20. The number of rotatable bonds is 0. The standard InChI is InChI=1S/C5H6N3/c6-4-1-2-5(7)8-3-4/h1-3,7H,6H2. The average Bonchev–Trinajstić information content (AvgIpc) is 1.77. The van der Waals surface area contributed by atoms with Gasteiger partial charge in [-0.2, -0.15) is 0 Å². The molecule has 0 amide bonds. The van der Waals surface area contributed by atoms with Gasteiger partial charge in [-0.25, -0.2) is 4.98 Å². The number of hydrogen-bond acceptors (Lipinski definition) is 2. The lowest BCUT2D eigenvalue weighted by Gasteiger charge is -1.88. The fourth-order valence-corrected chi connectivity index (χ4v) is 0.405. The van der Waals surface area contributed by atoms with Crippen LogP contribution < -0.4 is 11.5 Å². The predicted octanol–water partition coefficient (Wildman–Crippen LogP) is 0.578. The summed E-state index contributed by atoms with van der Waals surface area (Å²) in [7, 11) is 0. The lowest BCUT2D eigenvalue weighted by molar-refractivity contribution is 1.26. The summed E-state index contributed by atoms with van der Waals surface area (Å²) in [6.45, 7) is 0. The first-order valence-corrected chi connectivity index (χ1v) is 2.22. The Morgan fingerprint density at radius 2 is 2.25 bits per heavy atom. The smallest absolute Gasteiger partial charge is 0.144 e. The molecule has 0 bridgehead atoms. The van der Waals surface area contributed by atoms with Gasteiger partial charge in [0.15, 0.2) is 0 Å². The van der Waals surface area contributed by atoms with E-state index >= 15 is 0 Å². The molecule has 1 radical (unpaired) electrons. The molecule has 3 heteroatoms. The first-order valence-electron chi connectivity index (χ1n) is 2.22. The highest BCUT2D eigenvalue weighted by Crippen LogP contribution is 2.01. The van der Waals surface area contributed by atoms with Gasteiger partial charge in [0.25, 0.3) is 0 Å². The minimum absolute atomic E-state index is 0.249. The molecule has 0 fully saturated rings. The Labute approximate surface area is 47.3 Å². The molecule has 1 heterocycles. The summed E-state index contributed by atoms with van der Waals surface area (Å²) in [5, 5.41) is 0. The molecule has 0 aliphatic heterocycles. The van der Waals surface area contributed by atoms with Crippen LogP contribution in [0.15, 0.2) is 18.3 Å². The van der Waals surface area contributed by atoms with Gasteiger partial charge in [0.1, 0.15) is 5.82 Å². The quantitative estimate of drug-likeness (QED) is 0.528. The Morgan fingerprint density at radius 1 is 1.50 bits per heavy atom. The highest BCUT2D eigenvalue weighted by atomic mass is 14.8. The van der Waals surface area contributed by atoms with Crippen LogP contribution in [-0.2, 0) is 0 Å². The Kier molecular flexibility index (Phi) is 1.04. The van der Waals surface area contributed by atoms with Crippen LogP contribution in [0.1, 0.15) is 0 Å². The minimum atomic E-state index is 0.249. The van der Waals surface area contributed by atoms with Crippen molar-refractivity contribution in [3.05, 3.63) is 18.3 Å². The molecule has 1 aromatic heterocycles. The number of anilines is 1. The summed E-state index contributed by atoms with van der Waals surface area (Å²) in [5.74, 6) is 0.249.